The number of hydrogen-bond acceptors (Lipinski definition) is 1. The van der Waals surface area contributed by atoms with E-state index in [4.69, 9.17) is 0 Å². The van der Waals surface area contributed by atoms with Gasteiger partial charge in [-0.05, 0) is 0 Å². The number of hydrogen-bond donors (Lipinski definition) is 0. The van der Waals surface area contributed by atoms with Crippen molar-refractivity contribution in [3.63, 3.8) is 0 Å². The van der Waals surface area contributed by atoms with Crippen LogP contribution in [-0.4, -0.2) is 40.2 Å². The fourth-order valence-corrected chi connectivity index (χ4v) is 13.7. The zero-order chi connectivity index (χ0) is 20.8. The molecule has 0 aromatic heterocycles. The predicted octanol–water partition coefficient (Wildman–Crippen LogP) is 4.09. The molecule has 0 aliphatic carbocycles. The van der Waals surface area contributed by atoms with E-state index in [0.29, 0.717) is 0 Å². The molecule has 152 valence electrons. The van der Waals surface area contributed by atoms with Crippen LogP contribution >= 0.6 is 0 Å². The summed E-state index contributed by atoms with van der Waals surface area (Å²) < 4.78 is 4.82. The van der Waals surface area contributed by atoms with Crippen LogP contribution in [0.3, 0.4) is 0 Å². The molecule has 0 spiro atoms. The van der Waals surface area contributed by atoms with E-state index in [1.807, 2.05) is 0 Å². The second kappa shape index (κ2) is 10.5. The van der Waals surface area contributed by atoms with Gasteiger partial charge in [-0.3, -0.25) is 0 Å². The average molecular weight is 582 g/mol. The van der Waals surface area contributed by atoms with Crippen molar-refractivity contribution in [2.45, 2.75) is 47.1 Å². The van der Waals surface area contributed by atoms with E-state index in [0.717, 1.165) is 25.9 Å². The molecular formula is C27H34BiN. The predicted molar refractivity (Wildman–Crippen MR) is 129 cm³/mol. The molecule has 0 radical (unpaired) electrons. The maximum absolute atomic E-state index is 2.49. The van der Waals surface area contributed by atoms with Gasteiger partial charge in [0.05, 0.1) is 0 Å². The van der Waals surface area contributed by atoms with Gasteiger partial charge in [-0.2, -0.15) is 0 Å². The minimum absolute atomic E-state index is 1.03. The zero-order valence-electron chi connectivity index (χ0n) is 18.6. The molecule has 0 aliphatic heterocycles. The molecule has 0 amide bonds. The second-order valence-corrected chi connectivity index (χ2v) is 16.3. The van der Waals surface area contributed by atoms with Crippen molar-refractivity contribution < 1.29 is 0 Å². The monoisotopic (exact) mass is 581 g/mol. The van der Waals surface area contributed by atoms with E-state index in [9.17, 15) is 0 Å². The summed E-state index contributed by atoms with van der Waals surface area (Å²) in [5, 5.41) is 0. The summed E-state index contributed by atoms with van der Waals surface area (Å²) in [7, 11) is 2.23. The third kappa shape index (κ3) is 5.56. The molecule has 3 aromatic carbocycles. The molecule has 2 heteroatoms. The minimum atomic E-state index is -2.39. The summed E-state index contributed by atoms with van der Waals surface area (Å²) in [6.45, 7) is 11.1. The molecule has 0 N–H and O–H groups in total. The van der Waals surface area contributed by atoms with E-state index < -0.39 is 21.8 Å². The van der Waals surface area contributed by atoms with E-state index in [-0.39, 0.29) is 0 Å². The molecule has 1 nitrogen and oxygen atoms in total. The van der Waals surface area contributed by atoms with Gasteiger partial charge in [0.1, 0.15) is 0 Å². The Morgan fingerprint density at radius 1 is 0.759 bits per heavy atom. The van der Waals surface area contributed by atoms with Gasteiger partial charge in [-0.1, -0.05) is 0 Å². The quantitative estimate of drug-likeness (QED) is 0.363. The molecule has 0 bridgehead atoms. The molecule has 3 rings (SSSR count). The summed E-state index contributed by atoms with van der Waals surface area (Å²) in [5.41, 5.74) is 5.79. The fraction of sp³-hybridized carbons (Fsp3) is 0.333. The van der Waals surface area contributed by atoms with Gasteiger partial charge in [-0.25, -0.2) is 0 Å². The van der Waals surface area contributed by atoms with E-state index in [2.05, 4.69) is 106 Å². The Hall–Kier alpha value is -1.50. The summed E-state index contributed by atoms with van der Waals surface area (Å²) in [6, 6.07) is 26.0. The third-order valence-corrected chi connectivity index (χ3v) is 15.4. The van der Waals surface area contributed by atoms with Crippen molar-refractivity contribution in [3.05, 3.63) is 89.0 Å². The Bertz CT molecular complexity index is 899. The Morgan fingerprint density at radius 2 is 1.34 bits per heavy atom. The van der Waals surface area contributed by atoms with Gasteiger partial charge in [0.25, 0.3) is 0 Å². The SMILES string of the molecule is CCc1ccc[c]([Bi]([c]2cccc(CC)c2)[c]2ccc(C)cc2CN(C)CC)c1. The first-order chi connectivity index (χ1) is 14.0. The molecule has 0 fully saturated rings. The Labute approximate surface area is 185 Å². The van der Waals surface area contributed by atoms with Crippen LogP contribution in [0.25, 0.3) is 0 Å². The van der Waals surface area contributed by atoms with Crippen molar-refractivity contribution in [1.82, 2.24) is 4.90 Å². The van der Waals surface area contributed by atoms with E-state index >= 15 is 0 Å². The molecule has 3 aromatic rings. The van der Waals surface area contributed by atoms with Crippen LogP contribution < -0.4 is 9.81 Å². The zero-order valence-corrected chi connectivity index (χ0v) is 22.1. The Balaban J connectivity index is 2.20. The molecular weight excluding hydrogens is 547 g/mol. The topological polar surface area (TPSA) is 3.24 Å². The number of nitrogens with zero attached hydrogens (tertiary/aromatic N) is 1. The van der Waals surface area contributed by atoms with E-state index in [1.54, 1.807) is 9.81 Å². The van der Waals surface area contributed by atoms with Crippen molar-refractivity contribution in [2.24, 2.45) is 0 Å². The third-order valence-electron chi connectivity index (χ3n) is 5.61. The first kappa shape index (κ1) is 22.2. The fourth-order valence-electron chi connectivity index (χ4n) is 3.72. The van der Waals surface area contributed by atoms with E-state index in [1.165, 1.54) is 22.3 Å². The molecule has 0 heterocycles. The van der Waals surface area contributed by atoms with Crippen LogP contribution in [0.2, 0.25) is 0 Å². The molecule has 29 heavy (non-hydrogen) atoms. The van der Waals surface area contributed by atoms with Gasteiger partial charge in [0.2, 0.25) is 0 Å². The van der Waals surface area contributed by atoms with Crippen LogP contribution in [-0.2, 0) is 19.4 Å². The molecule has 0 saturated heterocycles. The van der Waals surface area contributed by atoms with Crippen molar-refractivity contribution in [1.29, 1.82) is 0 Å². The summed E-state index contributed by atoms with van der Waals surface area (Å²) in [6.07, 6.45) is 2.19. The molecule has 0 saturated carbocycles. The van der Waals surface area contributed by atoms with Gasteiger partial charge in [0.15, 0.2) is 0 Å². The first-order valence-corrected chi connectivity index (χ1v) is 16.0. The van der Waals surface area contributed by atoms with Gasteiger partial charge >= 0.3 is 186 Å². The van der Waals surface area contributed by atoms with Crippen molar-refractivity contribution in [3.8, 4) is 0 Å². The standard InChI is InChI=1S/C11H16N.2C8H9.Bi/c1-4-12(3)9-11-7-5-6-10(2)8-11;2*1-2-8-6-4-3-5-7-8;/h5-6,8H,4,9H2,1-3H3;2*3-4,6-7H,2H2,1H3;. The molecule has 0 unspecified atom stereocenters. The van der Waals surface area contributed by atoms with Crippen molar-refractivity contribution >= 4 is 31.6 Å². The Kier molecular flexibility index (Phi) is 8.04. The van der Waals surface area contributed by atoms with Crippen LogP contribution in [0, 0.1) is 6.92 Å². The summed E-state index contributed by atoms with van der Waals surface area (Å²) in [4.78, 5) is 2.42. The average Bonchev–Trinajstić information content (AvgIpc) is 2.75. The number of rotatable bonds is 8. The number of benzene rings is 3. The summed E-state index contributed by atoms with van der Waals surface area (Å²) >= 11 is -2.39. The van der Waals surface area contributed by atoms with Gasteiger partial charge in [0, 0.05) is 0 Å². The Morgan fingerprint density at radius 3 is 1.86 bits per heavy atom. The van der Waals surface area contributed by atoms with Gasteiger partial charge < -0.3 is 0 Å². The van der Waals surface area contributed by atoms with Crippen LogP contribution in [0.4, 0.5) is 0 Å². The second-order valence-electron chi connectivity index (χ2n) is 7.84. The van der Waals surface area contributed by atoms with Gasteiger partial charge in [-0.15, -0.1) is 0 Å². The molecule has 0 aliphatic rings. The van der Waals surface area contributed by atoms with Crippen LogP contribution in [0.15, 0.2) is 66.7 Å². The number of aryl methyl sites for hydroxylation is 3. The first-order valence-electron chi connectivity index (χ1n) is 10.8. The summed E-state index contributed by atoms with van der Waals surface area (Å²) in [5.74, 6) is 0. The normalized spacial score (nSPS) is 11.4. The van der Waals surface area contributed by atoms with Crippen molar-refractivity contribution in [2.75, 3.05) is 13.6 Å². The maximum atomic E-state index is 2.49. The molecule has 0 atom stereocenters. The van der Waals surface area contributed by atoms with Crippen LogP contribution in [0.1, 0.15) is 43.0 Å². The van der Waals surface area contributed by atoms with Crippen LogP contribution in [0.5, 0.6) is 0 Å².